The third-order valence-corrected chi connectivity index (χ3v) is 5.85. The number of piperazine rings is 1. The van der Waals surface area contributed by atoms with Crippen LogP contribution in [0.1, 0.15) is 37.8 Å². The molecular formula is C22H31N3O2. The summed E-state index contributed by atoms with van der Waals surface area (Å²) < 4.78 is 5.58. The normalized spacial score (nSPS) is 17.8. The third-order valence-electron chi connectivity index (χ3n) is 5.85. The van der Waals surface area contributed by atoms with Gasteiger partial charge in [-0.3, -0.25) is 14.6 Å². The van der Waals surface area contributed by atoms with Crippen LogP contribution in [-0.4, -0.2) is 60.6 Å². The fraction of sp³-hybridized carbons (Fsp3) is 0.591. The first-order valence-corrected chi connectivity index (χ1v) is 10.1. The van der Waals surface area contributed by atoms with Gasteiger partial charge in [-0.2, -0.15) is 0 Å². The van der Waals surface area contributed by atoms with E-state index in [9.17, 15) is 4.79 Å². The van der Waals surface area contributed by atoms with Gasteiger partial charge in [0.15, 0.2) is 0 Å². The van der Waals surface area contributed by atoms with Crippen molar-refractivity contribution < 1.29 is 9.53 Å². The van der Waals surface area contributed by atoms with E-state index in [1.165, 1.54) is 11.1 Å². The molecule has 2 aliphatic rings. The first-order valence-electron chi connectivity index (χ1n) is 10.1. The van der Waals surface area contributed by atoms with Crippen LogP contribution in [0.15, 0.2) is 18.2 Å². The van der Waals surface area contributed by atoms with E-state index in [1.54, 1.807) is 0 Å². The molecule has 0 bridgehead atoms. The van der Waals surface area contributed by atoms with Gasteiger partial charge in [-0.25, -0.2) is 0 Å². The van der Waals surface area contributed by atoms with Gasteiger partial charge in [0.25, 0.3) is 0 Å². The van der Waals surface area contributed by atoms with Gasteiger partial charge in [0.05, 0.1) is 13.2 Å². The minimum atomic E-state index is -0.504. The van der Waals surface area contributed by atoms with Crippen molar-refractivity contribution in [1.29, 1.82) is 0 Å². The molecule has 0 unspecified atom stereocenters. The van der Waals surface area contributed by atoms with Gasteiger partial charge in [0, 0.05) is 39.1 Å². The average Bonchev–Trinajstić information content (AvgIpc) is 3.15. The van der Waals surface area contributed by atoms with Crippen molar-refractivity contribution in [1.82, 2.24) is 15.1 Å². The summed E-state index contributed by atoms with van der Waals surface area (Å²) in [4.78, 5) is 17.1. The standard InChI is InChI=1S/C22H31N3O2/c1-4-22(5-2,6-3)23-21(26)17-25-12-10-24(11-13-25)16-18-7-8-20-19(15-18)9-14-27-20/h1,7-8,15H,5-6,9-14,16-17H2,2-3H3,(H,23,26). The molecule has 1 aromatic carbocycles. The maximum atomic E-state index is 12.4. The maximum absolute atomic E-state index is 12.4. The van der Waals surface area contributed by atoms with Crippen LogP contribution in [0.3, 0.4) is 0 Å². The van der Waals surface area contributed by atoms with Crippen molar-refractivity contribution >= 4 is 5.91 Å². The molecule has 2 aliphatic heterocycles. The van der Waals surface area contributed by atoms with Crippen molar-refractivity contribution in [2.45, 2.75) is 45.2 Å². The monoisotopic (exact) mass is 369 g/mol. The van der Waals surface area contributed by atoms with Crippen LogP contribution in [0.25, 0.3) is 0 Å². The highest BCUT2D eigenvalue weighted by atomic mass is 16.5. The highest BCUT2D eigenvalue weighted by molar-refractivity contribution is 5.79. The van der Waals surface area contributed by atoms with Crippen LogP contribution in [0.4, 0.5) is 0 Å². The summed E-state index contributed by atoms with van der Waals surface area (Å²) in [5.74, 6) is 3.84. The number of amides is 1. The van der Waals surface area contributed by atoms with E-state index < -0.39 is 5.54 Å². The molecule has 1 fully saturated rings. The second-order valence-electron chi connectivity index (χ2n) is 7.57. The number of fused-ring (bicyclic) bond motifs is 1. The Bertz CT molecular complexity index is 698. The molecule has 5 heteroatoms. The van der Waals surface area contributed by atoms with E-state index in [1.807, 2.05) is 13.8 Å². The average molecular weight is 370 g/mol. The van der Waals surface area contributed by atoms with Gasteiger partial charge in [-0.1, -0.05) is 31.9 Å². The molecule has 3 rings (SSSR count). The van der Waals surface area contributed by atoms with Crippen molar-refractivity contribution in [2.24, 2.45) is 0 Å². The number of hydrogen-bond donors (Lipinski definition) is 1. The molecule has 27 heavy (non-hydrogen) atoms. The predicted molar refractivity (Wildman–Crippen MR) is 108 cm³/mol. The van der Waals surface area contributed by atoms with E-state index in [2.05, 4.69) is 39.2 Å². The van der Waals surface area contributed by atoms with Gasteiger partial charge < -0.3 is 10.1 Å². The molecule has 1 saturated heterocycles. The summed E-state index contributed by atoms with van der Waals surface area (Å²) in [6.07, 6.45) is 8.17. The van der Waals surface area contributed by atoms with Crippen LogP contribution >= 0.6 is 0 Å². The van der Waals surface area contributed by atoms with Gasteiger partial charge in [0.1, 0.15) is 11.3 Å². The summed E-state index contributed by atoms with van der Waals surface area (Å²) in [5, 5.41) is 3.06. The molecule has 0 radical (unpaired) electrons. The minimum absolute atomic E-state index is 0.0312. The fourth-order valence-electron chi connectivity index (χ4n) is 3.88. The second-order valence-corrected chi connectivity index (χ2v) is 7.57. The van der Waals surface area contributed by atoms with Crippen LogP contribution in [0.2, 0.25) is 0 Å². The van der Waals surface area contributed by atoms with Crippen molar-refractivity contribution in [3.05, 3.63) is 29.3 Å². The first-order chi connectivity index (χ1) is 13.1. The zero-order chi connectivity index (χ0) is 19.3. The Morgan fingerprint density at radius 1 is 1.22 bits per heavy atom. The predicted octanol–water partition coefficient (Wildman–Crippen LogP) is 2.05. The lowest BCUT2D eigenvalue weighted by Gasteiger charge is -2.35. The number of hydrogen-bond acceptors (Lipinski definition) is 4. The molecule has 2 heterocycles. The number of terminal acetylenes is 1. The Kier molecular flexibility index (Phi) is 6.41. The largest absolute Gasteiger partial charge is 0.493 e. The van der Waals surface area contributed by atoms with Crippen LogP contribution in [0.5, 0.6) is 5.75 Å². The summed E-state index contributed by atoms with van der Waals surface area (Å²) >= 11 is 0. The molecule has 0 aliphatic carbocycles. The molecular weight excluding hydrogens is 338 g/mol. The van der Waals surface area contributed by atoms with Gasteiger partial charge >= 0.3 is 0 Å². The zero-order valence-electron chi connectivity index (χ0n) is 16.6. The summed E-state index contributed by atoms with van der Waals surface area (Å²) in [7, 11) is 0. The van der Waals surface area contributed by atoms with E-state index >= 15 is 0 Å². The molecule has 1 aromatic rings. The van der Waals surface area contributed by atoms with Gasteiger partial charge in [-0.05, 0) is 30.0 Å². The summed E-state index contributed by atoms with van der Waals surface area (Å²) in [6, 6.07) is 6.54. The number of ether oxygens (including phenoxy) is 1. The van der Waals surface area contributed by atoms with Crippen LogP contribution in [0, 0.1) is 12.3 Å². The fourth-order valence-corrected chi connectivity index (χ4v) is 3.88. The Balaban J connectivity index is 1.45. The summed E-state index contributed by atoms with van der Waals surface area (Å²) in [5.41, 5.74) is 2.16. The number of benzene rings is 1. The van der Waals surface area contributed by atoms with Crippen molar-refractivity contribution in [3.63, 3.8) is 0 Å². The quantitative estimate of drug-likeness (QED) is 0.747. The lowest BCUT2D eigenvalue weighted by Crippen LogP contribution is -2.53. The molecule has 5 nitrogen and oxygen atoms in total. The summed E-state index contributed by atoms with van der Waals surface area (Å²) in [6.45, 7) is 9.99. The van der Waals surface area contributed by atoms with Crippen LogP contribution < -0.4 is 10.1 Å². The molecule has 0 atom stereocenters. The number of rotatable bonds is 7. The number of carbonyl (C=O) groups is 1. The third kappa shape index (κ3) is 4.82. The van der Waals surface area contributed by atoms with Crippen LogP contribution in [-0.2, 0) is 17.8 Å². The molecule has 146 valence electrons. The Morgan fingerprint density at radius 2 is 1.93 bits per heavy atom. The van der Waals surface area contributed by atoms with E-state index in [0.717, 1.165) is 64.3 Å². The smallest absolute Gasteiger partial charge is 0.235 e. The Hall–Kier alpha value is -2.03. The number of carbonyl (C=O) groups excluding carboxylic acids is 1. The molecule has 1 amide bonds. The van der Waals surface area contributed by atoms with E-state index in [4.69, 9.17) is 11.2 Å². The second kappa shape index (κ2) is 8.77. The zero-order valence-corrected chi connectivity index (χ0v) is 16.6. The maximum Gasteiger partial charge on any atom is 0.235 e. The molecule has 0 aromatic heterocycles. The molecule has 0 spiro atoms. The lowest BCUT2D eigenvalue weighted by atomic mass is 9.94. The van der Waals surface area contributed by atoms with Crippen molar-refractivity contribution in [3.8, 4) is 18.1 Å². The van der Waals surface area contributed by atoms with Gasteiger partial charge in [-0.15, -0.1) is 6.42 Å². The highest BCUT2D eigenvalue weighted by Gasteiger charge is 2.27. The lowest BCUT2D eigenvalue weighted by molar-refractivity contribution is -0.124. The number of nitrogens with one attached hydrogen (secondary N) is 1. The van der Waals surface area contributed by atoms with Gasteiger partial charge in [0.2, 0.25) is 5.91 Å². The SMILES string of the molecule is C#CC(CC)(CC)NC(=O)CN1CCN(Cc2ccc3c(c2)CCO3)CC1. The minimum Gasteiger partial charge on any atom is -0.493 e. The molecule has 0 saturated carbocycles. The van der Waals surface area contributed by atoms with Crippen molar-refractivity contribution in [2.75, 3.05) is 39.3 Å². The Labute approximate surface area is 163 Å². The highest BCUT2D eigenvalue weighted by Crippen LogP contribution is 2.26. The van der Waals surface area contributed by atoms with E-state index in [0.29, 0.717) is 6.54 Å². The number of nitrogens with zero attached hydrogens (tertiary/aromatic N) is 2. The first kappa shape index (κ1) is 19.7. The molecule has 1 N–H and O–H groups in total. The van der Waals surface area contributed by atoms with E-state index in [-0.39, 0.29) is 5.91 Å². The topological polar surface area (TPSA) is 44.8 Å². The Morgan fingerprint density at radius 3 is 2.59 bits per heavy atom.